The van der Waals surface area contributed by atoms with Gasteiger partial charge < -0.3 is 19.8 Å². The van der Waals surface area contributed by atoms with Gasteiger partial charge in [-0.15, -0.1) is 0 Å². The van der Waals surface area contributed by atoms with Crippen LogP contribution in [0.5, 0.6) is 0 Å². The van der Waals surface area contributed by atoms with Crippen LogP contribution in [0.25, 0.3) is 16.9 Å². The van der Waals surface area contributed by atoms with Gasteiger partial charge in [-0.3, -0.25) is 9.59 Å². The summed E-state index contributed by atoms with van der Waals surface area (Å²) in [6.45, 7) is 8.48. The average Bonchev–Trinajstić information content (AvgIpc) is 3.50. The Hall–Kier alpha value is -4.98. The number of nitrogens with one attached hydrogen (secondary N) is 2. The topological polar surface area (TPSA) is 93.8 Å². The van der Waals surface area contributed by atoms with Gasteiger partial charge in [0.05, 0.1) is 12.0 Å². The predicted octanol–water partition coefficient (Wildman–Crippen LogP) is 6.49. The van der Waals surface area contributed by atoms with Crippen LogP contribution in [0.4, 0.5) is 17.2 Å². The second-order valence-corrected chi connectivity index (χ2v) is 11.0. The molecule has 5 rings (SSSR count). The number of benzene rings is 3. The van der Waals surface area contributed by atoms with Crippen LogP contribution in [0, 0.1) is 0 Å². The van der Waals surface area contributed by atoms with Crippen molar-refractivity contribution >= 4 is 23.1 Å². The first-order valence-corrected chi connectivity index (χ1v) is 13.6. The van der Waals surface area contributed by atoms with E-state index in [4.69, 9.17) is 4.98 Å². The number of amides is 1. The summed E-state index contributed by atoms with van der Waals surface area (Å²) in [5.74, 6) is 0.0445. The number of carbonyl (C=O) groups excluding carboxylic acids is 1. The van der Waals surface area contributed by atoms with Crippen molar-refractivity contribution in [3.05, 3.63) is 119 Å². The fraction of sp³-hybridized carbons (Fsp3) is 0.212. The van der Waals surface area contributed by atoms with E-state index < -0.39 is 0 Å². The summed E-state index contributed by atoms with van der Waals surface area (Å²) < 4.78 is 3.42. The standard InChI is InChI=1S/C33H34N6O2/c1-6-26-27(8-7-9-28(26)37-31(40)22-10-12-23(13-11-22)33(2,3)4)29-20-38(5)32(41)30(36-29)35-24-14-16-25(17-15-24)39-19-18-34-21-39/h7-21H,6H2,1-5H3,(H,35,36)(H,37,40). The minimum atomic E-state index is -0.242. The highest BCUT2D eigenvalue weighted by molar-refractivity contribution is 6.05. The van der Waals surface area contributed by atoms with Crippen molar-refractivity contribution in [1.29, 1.82) is 0 Å². The molecule has 0 saturated carbocycles. The van der Waals surface area contributed by atoms with Crippen LogP contribution >= 0.6 is 0 Å². The molecule has 1 amide bonds. The molecule has 2 aromatic heterocycles. The van der Waals surface area contributed by atoms with Crippen LogP contribution in [0.15, 0.2) is 96.4 Å². The molecule has 0 aliphatic heterocycles. The zero-order valence-electron chi connectivity index (χ0n) is 24.0. The highest BCUT2D eigenvalue weighted by Crippen LogP contribution is 2.30. The van der Waals surface area contributed by atoms with E-state index in [0.717, 1.165) is 28.2 Å². The summed E-state index contributed by atoms with van der Waals surface area (Å²) in [5.41, 5.74) is 6.37. The van der Waals surface area contributed by atoms with Crippen molar-refractivity contribution < 1.29 is 4.79 Å². The molecule has 0 radical (unpaired) electrons. The molecular formula is C33H34N6O2. The molecular weight excluding hydrogens is 512 g/mol. The van der Waals surface area contributed by atoms with Crippen LogP contribution in [0.1, 0.15) is 49.2 Å². The Morgan fingerprint density at radius 1 is 0.976 bits per heavy atom. The van der Waals surface area contributed by atoms with E-state index >= 15 is 0 Å². The maximum absolute atomic E-state index is 13.2. The molecule has 2 heterocycles. The smallest absolute Gasteiger partial charge is 0.293 e. The summed E-state index contributed by atoms with van der Waals surface area (Å²) in [7, 11) is 1.71. The van der Waals surface area contributed by atoms with Crippen molar-refractivity contribution in [3.8, 4) is 16.9 Å². The monoisotopic (exact) mass is 546 g/mol. The summed E-state index contributed by atoms with van der Waals surface area (Å²) in [6.07, 6.45) is 7.71. The van der Waals surface area contributed by atoms with Crippen molar-refractivity contribution in [3.63, 3.8) is 0 Å². The molecule has 8 heteroatoms. The van der Waals surface area contributed by atoms with Gasteiger partial charge in [0.1, 0.15) is 0 Å². The summed E-state index contributed by atoms with van der Waals surface area (Å²) in [5, 5.41) is 6.26. The Morgan fingerprint density at radius 3 is 2.34 bits per heavy atom. The van der Waals surface area contributed by atoms with Crippen LogP contribution in [0.2, 0.25) is 0 Å². The van der Waals surface area contributed by atoms with Gasteiger partial charge in [-0.2, -0.15) is 0 Å². The highest BCUT2D eigenvalue weighted by atomic mass is 16.1. The maximum atomic E-state index is 13.2. The van der Waals surface area contributed by atoms with Gasteiger partial charge in [-0.1, -0.05) is 52.0 Å². The lowest BCUT2D eigenvalue weighted by atomic mass is 9.86. The molecule has 2 N–H and O–H groups in total. The summed E-state index contributed by atoms with van der Waals surface area (Å²) in [4.78, 5) is 34.9. The summed E-state index contributed by atoms with van der Waals surface area (Å²) in [6, 6.07) is 21.1. The lowest BCUT2D eigenvalue weighted by molar-refractivity contribution is 0.102. The predicted molar refractivity (Wildman–Crippen MR) is 164 cm³/mol. The number of aromatic nitrogens is 4. The normalized spacial score (nSPS) is 11.3. The second-order valence-electron chi connectivity index (χ2n) is 11.0. The van der Waals surface area contributed by atoms with E-state index in [1.807, 2.05) is 84.4 Å². The van der Waals surface area contributed by atoms with Gasteiger partial charge in [0, 0.05) is 53.8 Å². The van der Waals surface area contributed by atoms with Crippen molar-refractivity contribution in [2.45, 2.75) is 39.5 Å². The second kappa shape index (κ2) is 11.3. The van der Waals surface area contributed by atoms with Crippen LogP contribution in [-0.2, 0) is 18.9 Å². The Morgan fingerprint density at radius 2 is 1.71 bits per heavy atom. The molecule has 0 bridgehead atoms. The first-order chi connectivity index (χ1) is 19.6. The number of imidazole rings is 1. The molecule has 0 spiro atoms. The first-order valence-electron chi connectivity index (χ1n) is 13.6. The first kappa shape index (κ1) is 27.6. The molecule has 3 aromatic carbocycles. The third-order valence-corrected chi connectivity index (χ3v) is 7.07. The van der Waals surface area contributed by atoms with Gasteiger partial charge in [0.25, 0.3) is 11.5 Å². The lowest BCUT2D eigenvalue weighted by Crippen LogP contribution is -2.21. The summed E-state index contributed by atoms with van der Waals surface area (Å²) >= 11 is 0. The number of aryl methyl sites for hydroxylation is 1. The van der Waals surface area contributed by atoms with E-state index in [1.165, 1.54) is 10.1 Å². The third kappa shape index (κ3) is 5.96. The molecule has 5 aromatic rings. The minimum absolute atomic E-state index is 0.0131. The van der Waals surface area contributed by atoms with Gasteiger partial charge in [-0.05, 0) is 65.4 Å². The molecule has 0 atom stereocenters. The van der Waals surface area contributed by atoms with Gasteiger partial charge in [0.15, 0.2) is 5.82 Å². The number of rotatable bonds is 7. The molecule has 0 aliphatic rings. The van der Waals surface area contributed by atoms with Crippen molar-refractivity contribution in [2.24, 2.45) is 7.05 Å². The number of carbonyl (C=O) groups is 1. The SMILES string of the molecule is CCc1c(NC(=O)c2ccc(C(C)(C)C)cc2)cccc1-c1cn(C)c(=O)c(Nc2ccc(-n3ccnc3)cc2)n1. The molecule has 41 heavy (non-hydrogen) atoms. The van der Waals surface area contributed by atoms with Crippen molar-refractivity contribution in [1.82, 2.24) is 19.1 Å². The van der Waals surface area contributed by atoms with E-state index in [1.54, 1.807) is 25.8 Å². The lowest BCUT2D eigenvalue weighted by Gasteiger charge is -2.19. The van der Waals surface area contributed by atoms with Crippen LogP contribution in [-0.4, -0.2) is 25.0 Å². The largest absolute Gasteiger partial charge is 0.336 e. The van der Waals surface area contributed by atoms with Gasteiger partial charge in [0.2, 0.25) is 0 Å². The Bertz CT molecular complexity index is 1730. The molecule has 208 valence electrons. The number of anilines is 3. The fourth-order valence-corrected chi connectivity index (χ4v) is 4.72. The van der Waals surface area contributed by atoms with E-state index in [-0.39, 0.29) is 22.7 Å². The number of hydrogen-bond donors (Lipinski definition) is 2. The Balaban J connectivity index is 1.43. The zero-order valence-corrected chi connectivity index (χ0v) is 24.0. The molecule has 0 saturated heterocycles. The van der Waals surface area contributed by atoms with E-state index in [2.05, 4.69) is 36.4 Å². The molecule has 0 unspecified atom stereocenters. The minimum Gasteiger partial charge on any atom is -0.336 e. The number of hydrogen-bond acceptors (Lipinski definition) is 5. The van der Waals surface area contributed by atoms with Gasteiger partial charge >= 0.3 is 0 Å². The van der Waals surface area contributed by atoms with Crippen molar-refractivity contribution in [2.75, 3.05) is 10.6 Å². The molecule has 0 aliphatic carbocycles. The zero-order chi connectivity index (χ0) is 29.1. The Kier molecular flexibility index (Phi) is 7.57. The Labute approximate surface area is 239 Å². The molecule has 8 nitrogen and oxygen atoms in total. The fourth-order valence-electron chi connectivity index (χ4n) is 4.72. The maximum Gasteiger partial charge on any atom is 0.293 e. The average molecular weight is 547 g/mol. The van der Waals surface area contributed by atoms with Gasteiger partial charge in [-0.25, -0.2) is 9.97 Å². The van der Waals surface area contributed by atoms with Crippen LogP contribution in [0.3, 0.4) is 0 Å². The quantitative estimate of drug-likeness (QED) is 0.243. The third-order valence-electron chi connectivity index (χ3n) is 7.07. The van der Waals surface area contributed by atoms with E-state index in [0.29, 0.717) is 17.7 Å². The molecule has 0 fully saturated rings. The highest BCUT2D eigenvalue weighted by Gasteiger charge is 2.17. The number of nitrogens with zero attached hydrogens (tertiary/aromatic N) is 4. The van der Waals surface area contributed by atoms with Crippen LogP contribution < -0.4 is 16.2 Å². The van der Waals surface area contributed by atoms with E-state index in [9.17, 15) is 9.59 Å².